The van der Waals surface area contributed by atoms with Gasteiger partial charge in [-0.1, -0.05) is 61.2 Å². The van der Waals surface area contributed by atoms with Crippen molar-refractivity contribution in [2.75, 3.05) is 16.4 Å². The minimum atomic E-state index is -0.720. The van der Waals surface area contributed by atoms with Crippen LogP contribution in [-0.4, -0.2) is 24.5 Å². The van der Waals surface area contributed by atoms with Gasteiger partial charge in [0.1, 0.15) is 17.9 Å². The highest BCUT2D eigenvalue weighted by molar-refractivity contribution is 6.46. The van der Waals surface area contributed by atoms with Gasteiger partial charge in [-0.15, -0.1) is 0 Å². The number of urea groups is 1. The number of imide groups is 2. The Hall–Kier alpha value is -4.45. The van der Waals surface area contributed by atoms with Crippen LogP contribution >= 0.6 is 0 Å². The molecule has 0 saturated carbocycles. The van der Waals surface area contributed by atoms with Gasteiger partial charge in [-0.25, -0.2) is 14.6 Å². The first-order valence-electron chi connectivity index (χ1n) is 9.98. The minimum absolute atomic E-state index is 0.114. The fourth-order valence-electron chi connectivity index (χ4n) is 3.32. The number of carbonyl (C=O) groups is 3. The molecule has 4 amide bonds. The second kappa shape index (κ2) is 9.14. The van der Waals surface area contributed by atoms with Gasteiger partial charge < -0.3 is 4.74 Å². The molecule has 0 spiro atoms. The first-order valence-corrected chi connectivity index (χ1v) is 9.98. The predicted molar refractivity (Wildman–Crippen MR) is 123 cm³/mol. The summed E-state index contributed by atoms with van der Waals surface area (Å²) in [7, 11) is 0. The molecule has 4 rings (SSSR count). The molecule has 1 fully saturated rings. The molecule has 0 bridgehead atoms. The van der Waals surface area contributed by atoms with Crippen LogP contribution in [-0.2, 0) is 9.59 Å². The summed E-state index contributed by atoms with van der Waals surface area (Å²) in [6.07, 6.45) is 3.13. The lowest BCUT2D eigenvalue weighted by Gasteiger charge is -2.33. The van der Waals surface area contributed by atoms with Gasteiger partial charge in [0.15, 0.2) is 0 Å². The summed E-state index contributed by atoms with van der Waals surface area (Å²) < 4.78 is 5.47. The van der Waals surface area contributed by atoms with Crippen LogP contribution in [0.15, 0.2) is 103 Å². The van der Waals surface area contributed by atoms with Crippen LogP contribution in [0.4, 0.5) is 16.2 Å². The molecular formula is C26H20N2O4. The highest BCUT2D eigenvalue weighted by Crippen LogP contribution is 2.29. The van der Waals surface area contributed by atoms with Crippen LogP contribution in [0.3, 0.4) is 0 Å². The third-order valence-corrected chi connectivity index (χ3v) is 4.84. The molecule has 0 radical (unpaired) electrons. The van der Waals surface area contributed by atoms with Crippen LogP contribution in [0.5, 0.6) is 5.75 Å². The predicted octanol–water partition coefficient (Wildman–Crippen LogP) is 4.83. The molecule has 0 N–H and O–H groups in total. The monoisotopic (exact) mass is 424 g/mol. The van der Waals surface area contributed by atoms with Crippen LogP contribution in [0.25, 0.3) is 6.08 Å². The maximum Gasteiger partial charge on any atom is 0.343 e. The fourth-order valence-corrected chi connectivity index (χ4v) is 3.32. The Morgan fingerprint density at radius 2 is 1.22 bits per heavy atom. The zero-order chi connectivity index (χ0) is 22.5. The summed E-state index contributed by atoms with van der Waals surface area (Å²) in [6.45, 7) is 3.98. The summed E-state index contributed by atoms with van der Waals surface area (Å²) >= 11 is 0. The SMILES string of the molecule is C=CCOc1ccc(C=C2C(=O)N(c3ccccc3)C(=O)N(c3ccccc3)C2=O)cc1. The second-order valence-electron chi connectivity index (χ2n) is 6.96. The van der Waals surface area contributed by atoms with Gasteiger partial charge in [0.2, 0.25) is 0 Å². The molecule has 1 heterocycles. The lowest BCUT2D eigenvalue weighted by molar-refractivity contribution is -0.121. The topological polar surface area (TPSA) is 66.9 Å². The molecule has 0 aliphatic carbocycles. The number of anilines is 2. The van der Waals surface area contributed by atoms with Gasteiger partial charge in [-0.05, 0) is 48.0 Å². The molecule has 0 atom stereocenters. The van der Waals surface area contributed by atoms with Crippen molar-refractivity contribution in [3.63, 3.8) is 0 Å². The van der Waals surface area contributed by atoms with Crippen molar-refractivity contribution >= 4 is 35.3 Å². The van der Waals surface area contributed by atoms with Crippen LogP contribution in [0.1, 0.15) is 5.56 Å². The van der Waals surface area contributed by atoms with Crippen molar-refractivity contribution in [2.45, 2.75) is 0 Å². The van der Waals surface area contributed by atoms with Gasteiger partial charge in [-0.3, -0.25) is 9.59 Å². The molecule has 3 aromatic rings. The molecule has 1 aliphatic heterocycles. The third kappa shape index (κ3) is 4.06. The molecule has 6 heteroatoms. The number of ether oxygens (including phenoxy) is 1. The number of nitrogens with zero attached hydrogens (tertiary/aromatic N) is 2. The standard InChI is InChI=1S/C26H20N2O4/c1-2-17-32-22-15-13-19(14-16-22)18-23-24(29)27(20-9-5-3-6-10-20)26(31)28(25(23)30)21-11-7-4-8-12-21/h2-16,18H,1,17H2. The van der Waals surface area contributed by atoms with E-state index in [0.717, 1.165) is 9.80 Å². The van der Waals surface area contributed by atoms with Gasteiger partial charge in [0, 0.05) is 0 Å². The summed E-state index contributed by atoms with van der Waals surface area (Å²) in [6, 6.07) is 23.3. The smallest absolute Gasteiger partial charge is 0.343 e. The Labute approximate surface area is 185 Å². The Bertz CT molecular complexity index is 1120. The summed E-state index contributed by atoms with van der Waals surface area (Å²) in [5.74, 6) is -0.712. The van der Waals surface area contributed by atoms with Gasteiger partial charge in [-0.2, -0.15) is 0 Å². The van der Waals surface area contributed by atoms with Gasteiger partial charge in [0.25, 0.3) is 11.8 Å². The minimum Gasteiger partial charge on any atom is -0.490 e. The molecule has 1 saturated heterocycles. The lowest BCUT2D eigenvalue weighted by atomic mass is 10.0. The molecule has 0 unspecified atom stereocenters. The van der Waals surface area contributed by atoms with Crippen molar-refractivity contribution in [1.29, 1.82) is 0 Å². The van der Waals surface area contributed by atoms with Crippen LogP contribution in [0.2, 0.25) is 0 Å². The number of rotatable bonds is 6. The number of carbonyl (C=O) groups excluding carboxylic acids is 3. The average Bonchev–Trinajstić information content (AvgIpc) is 2.83. The quantitative estimate of drug-likeness (QED) is 0.323. The van der Waals surface area contributed by atoms with E-state index in [1.54, 1.807) is 91.0 Å². The normalized spacial score (nSPS) is 13.9. The number of hydrogen-bond acceptors (Lipinski definition) is 4. The van der Waals surface area contributed by atoms with E-state index in [-0.39, 0.29) is 5.57 Å². The molecule has 3 aromatic carbocycles. The highest BCUT2D eigenvalue weighted by atomic mass is 16.5. The van der Waals surface area contributed by atoms with Crippen molar-refractivity contribution < 1.29 is 19.1 Å². The average molecular weight is 424 g/mol. The third-order valence-electron chi connectivity index (χ3n) is 4.84. The van der Waals surface area contributed by atoms with Crippen molar-refractivity contribution in [1.82, 2.24) is 0 Å². The van der Waals surface area contributed by atoms with E-state index >= 15 is 0 Å². The van der Waals surface area contributed by atoms with E-state index in [9.17, 15) is 14.4 Å². The van der Waals surface area contributed by atoms with E-state index < -0.39 is 17.8 Å². The fraction of sp³-hybridized carbons (Fsp3) is 0.0385. The van der Waals surface area contributed by atoms with Crippen molar-refractivity contribution in [3.8, 4) is 5.75 Å². The van der Waals surface area contributed by atoms with Gasteiger partial charge >= 0.3 is 6.03 Å². The van der Waals surface area contributed by atoms with E-state index in [1.807, 2.05) is 0 Å². The Morgan fingerprint density at radius 1 is 0.719 bits per heavy atom. The van der Waals surface area contributed by atoms with E-state index in [4.69, 9.17) is 4.74 Å². The Kier molecular flexibility index (Phi) is 5.94. The largest absolute Gasteiger partial charge is 0.490 e. The second-order valence-corrected chi connectivity index (χ2v) is 6.96. The maximum atomic E-state index is 13.3. The molecular weight excluding hydrogens is 404 g/mol. The number of para-hydroxylation sites is 2. The van der Waals surface area contributed by atoms with Crippen molar-refractivity contribution in [2.24, 2.45) is 0 Å². The number of amides is 4. The molecule has 32 heavy (non-hydrogen) atoms. The summed E-state index contributed by atoms with van der Waals surface area (Å²) in [4.78, 5) is 41.9. The first-order chi connectivity index (χ1) is 15.6. The molecule has 1 aliphatic rings. The van der Waals surface area contributed by atoms with E-state index in [0.29, 0.717) is 29.3 Å². The summed E-state index contributed by atoms with van der Waals surface area (Å²) in [5, 5.41) is 0. The van der Waals surface area contributed by atoms with Crippen molar-refractivity contribution in [3.05, 3.63) is 109 Å². The zero-order valence-corrected chi connectivity index (χ0v) is 17.2. The van der Waals surface area contributed by atoms with Crippen LogP contribution in [0, 0.1) is 0 Å². The zero-order valence-electron chi connectivity index (χ0n) is 17.2. The highest BCUT2D eigenvalue weighted by Gasteiger charge is 2.43. The summed E-state index contributed by atoms with van der Waals surface area (Å²) in [5.41, 5.74) is 1.28. The Balaban J connectivity index is 1.77. The number of benzene rings is 3. The molecule has 6 nitrogen and oxygen atoms in total. The lowest BCUT2D eigenvalue weighted by Crippen LogP contribution is -2.57. The Morgan fingerprint density at radius 3 is 1.69 bits per heavy atom. The number of barbiturate groups is 1. The first kappa shape index (κ1) is 20.8. The van der Waals surface area contributed by atoms with Gasteiger partial charge in [0.05, 0.1) is 11.4 Å². The van der Waals surface area contributed by atoms with E-state index in [2.05, 4.69) is 6.58 Å². The van der Waals surface area contributed by atoms with Crippen LogP contribution < -0.4 is 14.5 Å². The maximum absolute atomic E-state index is 13.3. The number of hydrogen-bond donors (Lipinski definition) is 0. The molecule has 0 aromatic heterocycles. The molecule has 158 valence electrons. The van der Waals surface area contributed by atoms with E-state index in [1.165, 1.54) is 6.08 Å².